The van der Waals surface area contributed by atoms with Gasteiger partial charge in [0, 0.05) is 19.6 Å². The molecule has 2 aliphatic heterocycles. The van der Waals surface area contributed by atoms with E-state index in [0.29, 0.717) is 18.8 Å². The van der Waals surface area contributed by atoms with Gasteiger partial charge in [-0.3, -0.25) is 9.69 Å². The zero-order chi connectivity index (χ0) is 18.4. The third-order valence-electron chi connectivity index (χ3n) is 5.63. The lowest BCUT2D eigenvalue weighted by molar-refractivity contribution is 0.0390. The van der Waals surface area contributed by atoms with Gasteiger partial charge in [0.15, 0.2) is 11.6 Å². The summed E-state index contributed by atoms with van der Waals surface area (Å²) in [6.45, 7) is 3.15. The second-order valence-electron chi connectivity index (χ2n) is 7.42. The topological polar surface area (TPSA) is 67.4 Å². The van der Waals surface area contributed by atoms with Crippen molar-refractivity contribution >= 4 is 17.2 Å². The minimum absolute atomic E-state index is 0.0264. The van der Waals surface area contributed by atoms with E-state index in [1.54, 1.807) is 29.7 Å². The van der Waals surface area contributed by atoms with Crippen LogP contribution in [0, 0.1) is 0 Å². The zero-order valence-electron chi connectivity index (χ0n) is 15.2. The Hall–Kier alpha value is -2.45. The van der Waals surface area contributed by atoms with Crippen LogP contribution < -0.4 is 0 Å². The monoisotopic (exact) mass is 383 g/mol. The summed E-state index contributed by atoms with van der Waals surface area (Å²) >= 11 is 1.69. The molecule has 8 heteroatoms. The van der Waals surface area contributed by atoms with Crippen LogP contribution in [0.15, 0.2) is 40.3 Å². The number of hydrogen-bond donors (Lipinski definition) is 0. The summed E-state index contributed by atoms with van der Waals surface area (Å²) in [7, 11) is 2.13. The second kappa shape index (κ2) is 6.31. The molecule has 0 unspecified atom stereocenters. The highest BCUT2D eigenvalue weighted by molar-refractivity contribution is 7.13. The van der Waals surface area contributed by atoms with Gasteiger partial charge in [-0.05, 0) is 43.5 Å². The lowest BCUT2D eigenvalue weighted by Crippen LogP contribution is -2.56. The van der Waals surface area contributed by atoms with Crippen LogP contribution in [0.3, 0.4) is 0 Å². The zero-order valence-corrected chi connectivity index (χ0v) is 16.0. The highest BCUT2D eigenvalue weighted by Gasteiger charge is 2.44. The van der Waals surface area contributed by atoms with Crippen LogP contribution in [0.5, 0.6) is 0 Å². The molecule has 27 heavy (non-hydrogen) atoms. The van der Waals surface area contributed by atoms with Gasteiger partial charge in [0.25, 0.3) is 5.91 Å². The van der Waals surface area contributed by atoms with Gasteiger partial charge in [0.05, 0.1) is 23.2 Å². The van der Waals surface area contributed by atoms with Gasteiger partial charge in [-0.1, -0.05) is 6.07 Å². The number of thiophene rings is 1. The fourth-order valence-electron chi connectivity index (χ4n) is 4.42. The van der Waals surface area contributed by atoms with Crippen molar-refractivity contribution in [2.45, 2.75) is 24.9 Å². The van der Waals surface area contributed by atoms with Gasteiger partial charge >= 0.3 is 0 Å². The van der Waals surface area contributed by atoms with Crippen molar-refractivity contribution in [3.63, 3.8) is 0 Å². The van der Waals surface area contributed by atoms with E-state index in [9.17, 15) is 4.79 Å². The summed E-state index contributed by atoms with van der Waals surface area (Å²) in [6.07, 6.45) is 3.31. The predicted molar refractivity (Wildman–Crippen MR) is 101 cm³/mol. The molecule has 0 atom stereocenters. The Kier molecular flexibility index (Phi) is 3.91. The number of likely N-dealkylation sites (tertiary alicyclic amines) is 1. The fourth-order valence-corrected chi connectivity index (χ4v) is 5.12. The van der Waals surface area contributed by atoms with Crippen LogP contribution in [-0.2, 0) is 12.1 Å². The average molecular weight is 383 g/mol. The first-order chi connectivity index (χ1) is 13.2. The first-order valence-corrected chi connectivity index (χ1v) is 10.0. The van der Waals surface area contributed by atoms with Crippen LogP contribution in [0.1, 0.15) is 29.2 Å². The van der Waals surface area contributed by atoms with Crippen molar-refractivity contribution in [1.82, 2.24) is 24.6 Å². The second-order valence-corrected chi connectivity index (χ2v) is 8.37. The molecule has 5 rings (SSSR count). The van der Waals surface area contributed by atoms with Crippen molar-refractivity contribution in [2.75, 3.05) is 26.7 Å². The number of rotatable bonds is 2. The van der Waals surface area contributed by atoms with E-state index in [1.165, 1.54) is 0 Å². The van der Waals surface area contributed by atoms with Gasteiger partial charge in [-0.25, -0.2) is 0 Å². The SMILES string of the molecule is CN1Cc2nnc(-c3cccs3)n2C2(CCN(C(=O)c3ccco3)CC2)C1. The van der Waals surface area contributed by atoms with E-state index in [1.807, 2.05) is 11.0 Å². The number of carbonyl (C=O) groups is 1. The molecule has 0 aromatic carbocycles. The number of aromatic nitrogens is 3. The molecule has 0 saturated carbocycles. The molecule has 1 spiro atoms. The highest BCUT2D eigenvalue weighted by Crippen LogP contribution is 2.39. The number of carbonyl (C=O) groups excluding carboxylic acids is 1. The molecule has 1 fully saturated rings. The summed E-state index contributed by atoms with van der Waals surface area (Å²) < 4.78 is 7.65. The molecule has 0 bridgehead atoms. The van der Waals surface area contributed by atoms with Crippen molar-refractivity contribution in [1.29, 1.82) is 0 Å². The molecular weight excluding hydrogens is 362 g/mol. The summed E-state index contributed by atoms with van der Waals surface area (Å²) in [4.78, 5) is 18.0. The minimum atomic E-state index is -0.0783. The number of amides is 1. The van der Waals surface area contributed by atoms with Gasteiger partial charge in [0.2, 0.25) is 0 Å². The number of likely N-dealkylation sites (N-methyl/N-ethyl adjacent to an activating group) is 1. The van der Waals surface area contributed by atoms with E-state index in [2.05, 4.69) is 38.2 Å². The smallest absolute Gasteiger partial charge is 0.289 e. The third-order valence-corrected chi connectivity index (χ3v) is 6.50. The molecule has 5 heterocycles. The van der Waals surface area contributed by atoms with E-state index in [0.717, 1.165) is 42.5 Å². The average Bonchev–Trinajstić information content (AvgIpc) is 3.42. The Morgan fingerprint density at radius 3 is 2.78 bits per heavy atom. The molecule has 3 aromatic rings. The third kappa shape index (κ3) is 2.71. The molecule has 1 saturated heterocycles. The van der Waals surface area contributed by atoms with E-state index < -0.39 is 0 Å². The molecule has 140 valence electrons. The molecule has 1 amide bonds. The molecule has 7 nitrogen and oxygen atoms in total. The summed E-state index contributed by atoms with van der Waals surface area (Å²) in [5.74, 6) is 2.36. The maximum atomic E-state index is 12.6. The van der Waals surface area contributed by atoms with Crippen molar-refractivity contribution < 1.29 is 9.21 Å². The van der Waals surface area contributed by atoms with Crippen LogP contribution >= 0.6 is 11.3 Å². The fraction of sp³-hybridized carbons (Fsp3) is 0.421. The first-order valence-electron chi connectivity index (χ1n) is 9.16. The molecule has 3 aromatic heterocycles. The van der Waals surface area contributed by atoms with E-state index >= 15 is 0 Å². The molecule has 2 aliphatic rings. The quantitative estimate of drug-likeness (QED) is 0.681. The van der Waals surface area contributed by atoms with Gasteiger partial charge in [0.1, 0.15) is 5.82 Å². The van der Waals surface area contributed by atoms with Crippen molar-refractivity contribution in [3.8, 4) is 10.7 Å². The summed E-state index contributed by atoms with van der Waals surface area (Å²) in [5.41, 5.74) is -0.0783. The standard InChI is InChI=1S/C19H21N5O2S/c1-22-12-16-20-21-17(15-5-3-11-27-15)24(16)19(13-22)6-8-23(9-7-19)18(25)14-4-2-10-26-14/h2-5,10-11H,6-9,12-13H2,1H3. The first kappa shape index (κ1) is 16.7. The largest absolute Gasteiger partial charge is 0.459 e. The molecule has 0 aliphatic carbocycles. The van der Waals surface area contributed by atoms with E-state index in [-0.39, 0.29) is 11.4 Å². The number of furan rings is 1. The Morgan fingerprint density at radius 1 is 1.22 bits per heavy atom. The molecular formula is C19H21N5O2S. The van der Waals surface area contributed by atoms with Gasteiger partial charge in [-0.2, -0.15) is 0 Å². The maximum Gasteiger partial charge on any atom is 0.289 e. The summed E-state index contributed by atoms with van der Waals surface area (Å²) in [5, 5.41) is 11.1. The predicted octanol–water partition coefficient (Wildman–Crippen LogP) is 2.68. The van der Waals surface area contributed by atoms with Crippen LogP contribution in [-0.4, -0.2) is 57.2 Å². The Balaban J connectivity index is 1.46. The van der Waals surface area contributed by atoms with Crippen LogP contribution in [0.2, 0.25) is 0 Å². The Bertz CT molecular complexity index is 939. The lowest BCUT2D eigenvalue weighted by atomic mass is 9.84. The Morgan fingerprint density at radius 2 is 2.07 bits per heavy atom. The van der Waals surface area contributed by atoms with Gasteiger partial charge < -0.3 is 13.9 Å². The van der Waals surface area contributed by atoms with Crippen LogP contribution in [0.25, 0.3) is 10.7 Å². The van der Waals surface area contributed by atoms with Crippen LogP contribution in [0.4, 0.5) is 0 Å². The van der Waals surface area contributed by atoms with Crippen molar-refractivity contribution in [2.24, 2.45) is 0 Å². The summed E-state index contributed by atoms with van der Waals surface area (Å²) in [6, 6.07) is 7.64. The lowest BCUT2D eigenvalue weighted by Gasteiger charge is -2.48. The number of hydrogen-bond acceptors (Lipinski definition) is 6. The normalized spacial score (nSPS) is 19.4. The van der Waals surface area contributed by atoms with Crippen molar-refractivity contribution in [3.05, 3.63) is 47.5 Å². The number of fused-ring (bicyclic) bond motifs is 2. The molecule has 0 N–H and O–H groups in total. The Labute approximate surface area is 161 Å². The van der Waals surface area contributed by atoms with E-state index in [4.69, 9.17) is 4.42 Å². The number of piperidine rings is 1. The number of nitrogens with zero attached hydrogens (tertiary/aromatic N) is 5. The van der Waals surface area contributed by atoms with Gasteiger partial charge in [-0.15, -0.1) is 21.5 Å². The highest BCUT2D eigenvalue weighted by atomic mass is 32.1. The maximum absolute atomic E-state index is 12.6. The minimum Gasteiger partial charge on any atom is -0.459 e. The molecule has 0 radical (unpaired) electrons.